The second-order valence-corrected chi connectivity index (χ2v) is 11.2. The molecule has 1 saturated carbocycles. The zero-order valence-corrected chi connectivity index (χ0v) is 19.6. The largest absolute Gasteiger partial charge is 0.416 e. The molecule has 6 nitrogen and oxygen atoms in total. The van der Waals surface area contributed by atoms with Crippen molar-refractivity contribution in [2.45, 2.75) is 48.2 Å². The van der Waals surface area contributed by atoms with Gasteiger partial charge in [-0.15, -0.1) is 0 Å². The lowest BCUT2D eigenvalue weighted by molar-refractivity contribution is -0.138. The number of nitrogens with two attached hydrogens (primary N) is 1. The highest BCUT2D eigenvalue weighted by Gasteiger charge is 2.59. The van der Waals surface area contributed by atoms with E-state index >= 15 is 4.39 Å². The topological polar surface area (TPSA) is 97.5 Å². The minimum absolute atomic E-state index is 0.0166. The highest BCUT2D eigenvalue weighted by atomic mass is 32.2. The summed E-state index contributed by atoms with van der Waals surface area (Å²) in [4.78, 5) is 27.7. The van der Waals surface area contributed by atoms with Crippen LogP contribution in [-0.4, -0.2) is 43.5 Å². The summed E-state index contributed by atoms with van der Waals surface area (Å²) >= 11 is 0. The van der Waals surface area contributed by atoms with Gasteiger partial charge in [0.15, 0.2) is 9.84 Å². The first-order chi connectivity index (χ1) is 16.3. The summed E-state index contributed by atoms with van der Waals surface area (Å²) in [5.41, 5.74) is 2.96. The lowest BCUT2D eigenvalue weighted by Crippen LogP contribution is -2.60. The van der Waals surface area contributed by atoms with E-state index in [2.05, 4.69) is 0 Å². The number of benzene rings is 2. The van der Waals surface area contributed by atoms with Gasteiger partial charge in [0.25, 0.3) is 5.91 Å². The van der Waals surface area contributed by atoms with Crippen LogP contribution in [0.4, 0.5) is 17.6 Å². The van der Waals surface area contributed by atoms with Crippen molar-refractivity contribution in [3.63, 3.8) is 0 Å². The fraction of sp³-hybridized carbons (Fsp3) is 0.417. The number of sulfone groups is 1. The monoisotopic (exact) mass is 512 g/mol. The number of carbonyl (C=O) groups is 2. The number of alkyl halides is 3. The molecule has 0 bridgehead atoms. The standard InChI is InChI=1S/C24H24F4N2O4S/c1-35(33,34)17-5-2-4-15(12-17)21(31)30-11-3-10-23(30,22(29)32)20(14-6-7-14)18-9-8-16(13-19(18)25)24(26,27)28/h2,4-5,8-9,12-14,20H,3,6-7,10-11H2,1H3,(H2,29,32)/t20-,23?/m1/s1. The van der Waals surface area contributed by atoms with Crippen LogP contribution in [0.25, 0.3) is 0 Å². The maximum atomic E-state index is 15.1. The Morgan fingerprint density at radius 3 is 2.37 bits per heavy atom. The molecule has 1 aliphatic carbocycles. The predicted molar refractivity (Wildman–Crippen MR) is 119 cm³/mol. The van der Waals surface area contributed by atoms with E-state index in [0.717, 1.165) is 18.4 Å². The molecular weight excluding hydrogens is 488 g/mol. The molecule has 2 fully saturated rings. The van der Waals surface area contributed by atoms with Crippen molar-refractivity contribution >= 4 is 21.7 Å². The van der Waals surface area contributed by atoms with Gasteiger partial charge in [0.2, 0.25) is 5.91 Å². The van der Waals surface area contributed by atoms with Crippen LogP contribution < -0.4 is 5.73 Å². The quantitative estimate of drug-likeness (QED) is 0.594. The van der Waals surface area contributed by atoms with E-state index in [1.165, 1.54) is 29.2 Å². The molecule has 1 heterocycles. The Morgan fingerprint density at radius 2 is 1.83 bits per heavy atom. The zero-order valence-electron chi connectivity index (χ0n) is 18.8. The molecule has 2 amide bonds. The van der Waals surface area contributed by atoms with Gasteiger partial charge in [0.05, 0.1) is 10.5 Å². The minimum Gasteiger partial charge on any atom is -0.368 e. The van der Waals surface area contributed by atoms with Crippen molar-refractivity contribution in [2.24, 2.45) is 11.7 Å². The summed E-state index contributed by atoms with van der Waals surface area (Å²) in [5, 5.41) is 0. The van der Waals surface area contributed by atoms with E-state index in [1.54, 1.807) is 0 Å². The van der Waals surface area contributed by atoms with Crippen LogP contribution in [0.5, 0.6) is 0 Å². The molecule has 0 spiro atoms. The average Bonchev–Trinajstić information content (AvgIpc) is 3.50. The Labute approximate surface area is 200 Å². The SMILES string of the molecule is CS(=O)(=O)c1cccc(C(=O)N2CCCC2(C(N)=O)[C@@H](c2ccc(C(F)(F)F)cc2F)C2CC2)c1. The Morgan fingerprint density at radius 1 is 1.14 bits per heavy atom. The molecule has 1 saturated heterocycles. The number of likely N-dealkylation sites (tertiary alicyclic amines) is 1. The maximum absolute atomic E-state index is 15.1. The first-order valence-corrected chi connectivity index (χ1v) is 12.9. The van der Waals surface area contributed by atoms with Crippen LogP contribution >= 0.6 is 0 Å². The third-order valence-electron chi connectivity index (χ3n) is 6.87. The van der Waals surface area contributed by atoms with Crippen molar-refractivity contribution in [3.8, 4) is 0 Å². The smallest absolute Gasteiger partial charge is 0.368 e. The fourth-order valence-corrected chi connectivity index (χ4v) is 5.83. The predicted octanol–water partition coefficient (Wildman–Crippen LogP) is 3.90. The highest BCUT2D eigenvalue weighted by molar-refractivity contribution is 7.90. The number of primary amides is 1. The molecule has 2 N–H and O–H groups in total. The lowest BCUT2D eigenvalue weighted by atomic mass is 9.73. The highest BCUT2D eigenvalue weighted by Crippen LogP contribution is 2.54. The van der Waals surface area contributed by atoms with Crippen molar-refractivity contribution in [2.75, 3.05) is 12.8 Å². The van der Waals surface area contributed by atoms with E-state index in [1.807, 2.05) is 0 Å². The number of rotatable bonds is 6. The van der Waals surface area contributed by atoms with Crippen molar-refractivity contribution in [1.29, 1.82) is 0 Å². The molecule has 188 valence electrons. The van der Waals surface area contributed by atoms with Crippen molar-refractivity contribution in [3.05, 3.63) is 65.0 Å². The van der Waals surface area contributed by atoms with Gasteiger partial charge in [0, 0.05) is 24.3 Å². The molecule has 0 aromatic heterocycles. The van der Waals surface area contributed by atoms with Crippen LogP contribution in [-0.2, 0) is 20.8 Å². The Hall–Kier alpha value is -2.95. The average molecular weight is 513 g/mol. The van der Waals surface area contributed by atoms with E-state index < -0.39 is 50.7 Å². The van der Waals surface area contributed by atoms with E-state index in [0.29, 0.717) is 25.3 Å². The molecule has 2 atom stereocenters. The van der Waals surface area contributed by atoms with Gasteiger partial charge in [0.1, 0.15) is 11.4 Å². The summed E-state index contributed by atoms with van der Waals surface area (Å²) < 4.78 is 78.4. The van der Waals surface area contributed by atoms with Gasteiger partial charge in [-0.1, -0.05) is 12.1 Å². The van der Waals surface area contributed by atoms with E-state index in [4.69, 9.17) is 5.73 Å². The molecular formula is C24H24F4N2O4S. The molecule has 1 aliphatic heterocycles. The Balaban J connectivity index is 1.82. The zero-order chi connectivity index (χ0) is 25.8. The van der Waals surface area contributed by atoms with Crippen molar-refractivity contribution < 1.29 is 35.6 Å². The van der Waals surface area contributed by atoms with Crippen LogP contribution in [0.3, 0.4) is 0 Å². The van der Waals surface area contributed by atoms with Gasteiger partial charge in [-0.25, -0.2) is 12.8 Å². The van der Waals surface area contributed by atoms with E-state index in [9.17, 15) is 31.2 Å². The molecule has 0 radical (unpaired) electrons. The number of amides is 2. The Kier molecular flexibility index (Phi) is 6.19. The summed E-state index contributed by atoms with van der Waals surface area (Å²) in [6.45, 7) is 0.107. The summed E-state index contributed by atoms with van der Waals surface area (Å²) in [7, 11) is -3.62. The van der Waals surface area contributed by atoms with Crippen LogP contribution in [0, 0.1) is 11.7 Å². The second-order valence-electron chi connectivity index (χ2n) is 9.20. The number of hydrogen-bond acceptors (Lipinski definition) is 4. The maximum Gasteiger partial charge on any atom is 0.416 e. The van der Waals surface area contributed by atoms with Gasteiger partial charge in [-0.2, -0.15) is 13.2 Å². The molecule has 2 aromatic carbocycles. The first-order valence-electron chi connectivity index (χ1n) is 11.1. The Bertz CT molecular complexity index is 1290. The van der Waals surface area contributed by atoms with Gasteiger partial charge >= 0.3 is 6.18 Å². The fourth-order valence-electron chi connectivity index (χ4n) is 5.16. The first kappa shape index (κ1) is 25.2. The number of nitrogens with zero attached hydrogens (tertiary/aromatic N) is 1. The van der Waals surface area contributed by atoms with Gasteiger partial charge in [-0.05, 0) is 67.5 Å². The van der Waals surface area contributed by atoms with Gasteiger partial charge in [-0.3, -0.25) is 9.59 Å². The summed E-state index contributed by atoms with van der Waals surface area (Å²) in [6, 6.07) is 7.53. The molecule has 2 aliphatic rings. The third-order valence-corrected chi connectivity index (χ3v) is 7.98. The van der Waals surface area contributed by atoms with Gasteiger partial charge < -0.3 is 10.6 Å². The molecule has 2 aromatic rings. The lowest BCUT2D eigenvalue weighted by Gasteiger charge is -2.43. The number of halogens is 4. The summed E-state index contributed by atoms with van der Waals surface area (Å²) in [5.74, 6) is -3.82. The van der Waals surface area contributed by atoms with Crippen LogP contribution in [0.2, 0.25) is 0 Å². The van der Waals surface area contributed by atoms with E-state index in [-0.39, 0.29) is 34.9 Å². The summed E-state index contributed by atoms with van der Waals surface area (Å²) in [6.07, 6.45) is -2.06. The normalized spacial score (nSPS) is 21.7. The van der Waals surface area contributed by atoms with Crippen LogP contribution in [0.15, 0.2) is 47.4 Å². The number of hydrogen-bond donors (Lipinski definition) is 1. The van der Waals surface area contributed by atoms with Crippen LogP contribution in [0.1, 0.15) is 53.1 Å². The molecule has 1 unspecified atom stereocenters. The van der Waals surface area contributed by atoms with Crippen molar-refractivity contribution in [1.82, 2.24) is 4.90 Å². The second kappa shape index (κ2) is 8.61. The third kappa shape index (κ3) is 4.53. The molecule has 4 rings (SSSR count). The molecule has 11 heteroatoms. The minimum atomic E-state index is -4.74. The number of carbonyl (C=O) groups excluding carboxylic acids is 2. The molecule has 35 heavy (non-hydrogen) atoms.